The molecule has 35 heavy (non-hydrogen) atoms. The average Bonchev–Trinajstić information content (AvgIpc) is 2.88. The molecule has 0 unspecified atom stereocenters. The molecule has 1 fully saturated rings. The highest BCUT2D eigenvalue weighted by molar-refractivity contribution is 5.96. The van der Waals surface area contributed by atoms with E-state index in [2.05, 4.69) is 30.6 Å². The Labute approximate surface area is 200 Å². The topological polar surface area (TPSA) is 122 Å². The van der Waals surface area contributed by atoms with E-state index in [9.17, 15) is 14.0 Å². The zero-order valence-electron chi connectivity index (χ0n) is 19.1. The van der Waals surface area contributed by atoms with Gasteiger partial charge < -0.3 is 19.7 Å². The van der Waals surface area contributed by atoms with Gasteiger partial charge in [-0.15, -0.1) is 0 Å². The lowest BCUT2D eigenvalue weighted by molar-refractivity contribution is -0.118. The molecule has 2 N–H and O–H groups in total. The van der Waals surface area contributed by atoms with Gasteiger partial charge in [0.05, 0.1) is 24.3 Å². The van der Waals surface area contributed by atoms with Crippen LogP contribution < -0.4 is 20.2 Å². The highest BCUT2D eigenvalue weighted by atomic mass is 19.1. The van der Waals surface area contributed by atoms with Gasteiger partial charge in [0.15, 0.2) is 18.2 Å². The molecule has 12 heteroatoms. The molecule has 5 rings (SSSR count). The van der Waals surface area contributed by atoms with Crippen molar-refractivity contribution in [1.82, 2.24) is 30.3 Å². The van der Waals surface area contributed by atoms with Gasteiger partial charge in [0, 0.05) is 44.4 Å². The van der Waals surface area contributed by atoms with Crippen molar-refractivity contribution in [3.8, 4) is 11.6 Å². The lowest BCUT2D eigenvalue weighted by Gasteiger charge is -2.34. The lowest BCUT2D eigenvalue weighted by Crippen LogP contribution is -2.53. The molecule has 0 atom stereocenters. The highest BCUT2D eigenvalue weighted by Crippen LogP contribution is 2.25. The Kier molecular flexibility index (Phi) is 6.38. The molecular weight excluding hydrogens is 457 g/mol. The first-order valence-corrected chi connectivity index (χ1v) is 11.2. The van der Waals surface area contributed by atoms with E-state index < -0.39 is 0 Å². The Balaban J connectivity index is 1.16. The number of nitrogens with zero attached hydrogens (tertiary/aromatic N) is 5. The van der Waals surface area contributed by atoms with Gasteiger partial charge in [-0.05, 0) is 24.6 Å². The number of fused-ring (bicyclic) bond motifs is 2. The second kappa shape index (κ2) is 9.76. The van der Waals surface area contributed by atoms with Crippen molar-refractivity contribution in [3.63, 3.8) is 0 Å². The number of methoxy groups -OCH3 is 1. The van der Waals surface area contributed by atoms with Crippen molar-refractivity contribution < 1.29 is 23.5 Å². The van der Waals surface area contributed by atoms with Gasteiger partial charge in [-0.25, -0.2) is 19.4 Å². The molecule has 0 bridgehead atoms. The fourth-order valence-corrected chi connectivity index (χ4v) is 4.07. The molecule has 3 aromatic rings. The average molecular weight is 481 g/mol. The number of hydrogen-bond donors (Lipinski definition) is 2. The molecular formula is C23H24FN7O4. The first-order chi connectivity index (χ1) is 17.0. The van der Waals surface area contributed by atoms with Crippen LogP contribution in [0.5, 0.6) is 11.6 Å². The summed E-state index contributed by atoms with van der Waals surface area (Å²) in [5.41, 5.74) is 4.68. The van der Waals surface area contributed by atoms with Crippen LogP contribution in [0.25, 0.3) is 11.0 Å². The van der Waals surface area contributed by atoms with E-state index >= 15 is 0 Å². The molecule has 0 aromatic carbocycles. The van der Waals surface area contributed by atoms with Crippen LogP contribution in [0.3, 0.4) is 0 Å². The second-order valence-corrected chi connectivity index (χ2v) is 8.21. The summed E-state index contributed by atoms with van der Waals surface area (Å²) < 4.78 is 25.0. The third kappa shape index (κ3) is 4.98. The number of amides is 2. The van der Waals surface area contributed by atoms with Crippen LogP contribution in [0.4, 0.5) is 10.2 Å². The number of aromatic nitrogens is 3. The van der Waals surface area contributed by atoms with Crippen molar-refractivity contribution in [2.45, 2.75) is 6.42 Å². The Hall–Kier alpha value is -3.90. The molecule has 11 nitrogen and oxygen atoms in total. The van der Waals surface area contributed by atoms with Crippen LogP contribution in [0.2, 0.25) is 0 Å². The molecule has 3 aromatic heterocycles. The van der Waals surface area contributed by atoms with E-state index in [0.717, 1.165) is 0 Å². The molecule has 0 aliphatic carbocycles. The first kappa shape index (κ1) is 22.9. The summed E-state index contributed by atoms with van der Waals surface area (Å²) >= 11 is 0. The minimum atomic E-state index is -0.386. The summed E-state index contributed by atoms with van der Waals surface area (Å²) in [7, 11) is 1.52. The van der Waals surface area contributed by atoms with Crippen molar-refractivity contribution in [2.24, 2.45) is 0 Å². The molecule has 5 heterocycles. The third-order valence-corrected chi connectivity index (χ3v) is 5.97. The summed E-state index contributed by atoms with van der Waals surface area (Å²) in [6.07, 6.45) is 1.70. The van der Waals surface area contributed by atoms with E-state index in [1.165, 1.54) is 13.3 Å². The molecule has 182 valence electrons. The Morgan fingerprint density at radius 2 is 2.03 bits per heavy atom. The van der Waals surface area contributed by atoms with Gasteiger partial charge in [0.2, 0.25) is 5.88 Å². The predicted molar refractivity (Wildman–Crippen MR) is 124 cm³/mol. The maximum absolute atomic E-state index is 14.5. The van der Waals surface area contributed by atoms with Crippen molar-refractivity contribution in [2.75, 3.05) is 51.8 Å². The van der Waals surface area contributed by atoms with Gasteiger partial charge in [-0.2, -0.15) is 0 Å². The maximum atomic E-state index is 14.5. The summed E-state index contributed by atoms with van der Waals surface area (Å²) in [4.78, 5) is 39.0. The molecule has 0 saturated carbocycles. The molecule has 2 aliphatic heterocycles. The van der Waals surface area contributed by atoms with Gasteiger partial charge in [-0.3, -0.25) is 20.0 Å². The van der Waals surface area contributed by atoms with E-state index in [1.807, 2.05) is 5.01 Å². The maximum Gasteiger partial charge on any atom is 0.284 e. The van der Waals surface area contributed by atoms with Crippen LogP contribution in [-0.4, -0.2) is 83.1 Å². The van der Waals surface area contributed by atoms with Crippen LogP contribution in [0.15, 0.2) is 30.5 Å². The van der Waals surface area contributed by atoms with E-state index in [0.29, 0.717) is 67.4 Å². The zero-order valence-corrected chi connectivity index (χ0v) is 19.1. The normalized spacial score (nSPS) is 16.3. The van der Waals surface area contributed by atoms with Crippen molar-refractivity contribution in [3.05, 3.63) is 47.5 Å². The number of hydrazine groups is 1. The standard InChI is InChI=1S/C23H24FN7O4/c1-34-20-5-3-16-21(28-20)14(15(24)12-25-16)6-7-30-8-10-31(11-9-30)29-23(33)17-2-4-18-22(26-17)27-19(32)13-35-18/h2-5,12H,6-11,13H2,1H3,(H,29,33)(H,26,27,32). The number of carbonyl (C=O) groups is 2. The highest BCUT2D eigenvalue weighted by Gasteiger charge is 2.23. The van der Waals surface area contributed by atoms with E-state index in [-0.39, 0.29) is 35.8 Å². The first-order valence-electron chi connectivity index (χ1n) is 11.2. The van der Waals surface area contributed by atoms with Gasteiger partial charge in [-0.1, -0.05) is 0 Å². The van der Waals surface area contributed by atoms with E-state index in [4.69, 9.17) is 9.47 Å². The molecule has 2 aliphatic rings. The lowest BCUT2D eigenvalue weighted by atomic mass is 10.1. The van der Waals surface area contributed by atoms with Crippen LogP contribution in [-0.2, 0) is 11.2 Å². The number of hydrogen-bond acceptors (Lipinski definition) is 9. The number of rotatable bonds is 6. The molecule has 0 spiro atoms. The minimum Gasteiger partial charge on any atom is -0.481 e. The minimum absolute atomic E-state index is 0.0702. The fourth-order valence-electron chi connectivity index (χ4n) is 4.07. The number of carbonyl (C=O) groups excluding carboxylic acids is 2. The number of piperazine rings is 1. The number of pyridine rings is 3. The van der Waals surface area contributed by atoms with Gasteiger partial charge >= 0.3 is 0 Å². The predicted octanol–water partition coefficient (Wildman–Crippen LogP) is 1.01. The van der Waals surface area contributed by atoms with Crippen LogP contribution in [0.1, 0.15) is 16.1 Å². The van der Waals surface area contributed by atoms with E-state index in [1.54, 1.807) is 24.3 Å². The SMILES string of the molecule is COc1ccc2ncc(F)c(CCN3CCN(NC(=O)c4ccc5c(n4)NC(=O)CO5)CC3)c2n1. The summed E-state index contributed by atoms with van der Waals surface area (Å²) in [6, 6.07) is 6.64. The monoisotopic (exact) mass is 481 g/mol. The Bertz CT molecular complexity index is 1280. The van der Waals surface area contributed by atoms with Crippen molar-refractivity contribution >= 4 is 28.7 Å². The summed E-state index contributed by atoms with van der Waals surface area (Å²) in [5, 5.41) is 4.42. The zero-order chi connectivity index (χ0) is 24.4. The summed E-state index contributed by atoms with van der Waals surface area (Å²) in [5.74, 6) is 0.0188. The quantitative estimate of drug-likeness (QED) is 0.531. The Morgan fingerprint density at radius 3 is 2.83 bits per heavy atom. The largest absolute Gasteiger partial charge is 0.481 e. The third-order valence-electron chi connectivity index (χ3n) is 5.97. The number of nitrogens with one attached hydrogen (secondary N) is 2. The number of anilines is 1. The van der Waals surface area contributed by atoms with Gasteiger partial charge in [0.1, 0.15) is 11.5 Å². The second-order valence-electron chi connectivity index (χ2n) is 8.21. The molecule has 2 amide bonds. The van der Waals surface area contributed by atoms with Crippen LogP contribution >= 0.6 is 0 Å². The fraction of sp³-hybridized carbons (Fsp3) is 0.348. The molecule has 1 saturated heterocycles. The van der Waals surface area contributed by atoms with Gasteiger partial charge in [0.25, 0.3) is 11.8 Å². The smallest absolute Gasteiger partial charge is 0.284 e. The van der Waals surface area contributed by atoms with Crippen LogP contribution in [0, 0.1) is 5.82 Å². The summed E-state index contributed by atoms with van der Waals surface area (Å²) in [6.45, 7) is 3.17. The van der Waals surface area contributed by atoms with Crippen molar-refractivity contribution in [1.29, 1.82) is 0 Å². The number of ether oxygens (including phenoxy) is 2. The Morgan fingerprint density at radius 1 is 1.20 bits per heavy atom. The molecule has 0 radical (unpaired) electrons. The number of halogens is 1.